The maximum absolute atomic E-state index is 0. The maximum atomic E-state index is 0. The van der Waals surface area contributed by atoms with Gasteiger partial charge in [-0.05, 0) is 0 Å². The van der Waals surface area contributed by atoms with Gasteiger partial charge in [-0.3, -0.25) is 0 Å². The van der Waals surface area contributed by atoms with Crippen molar-refractivity contribution in [3.05, 3.63) is 0 Å². The van der Waals surface area contributed by atoms with Crippen molar-refractivity contribution in [2.45, 2.75) is 0 Å². The molecule has 0 saturated carbocycles. The molecule has 0 aromatic rings. The molecule has 0 radical (unpaired) electrons. The van der Waals surface area contributed by atoms with Crippen LogP contribution in [0.4, 0.5) is 0 Å². The molecule has 0 bridgehead atoms. The van der Waals surface area contributed by atoms with Gasteiger partial charge in [-0.1, -0.05) is 0 Å². The Hall–Kier alpha value is 1.58. The van der Waals surface area contributed by atoms with Gasteiger partial charge in [-0.25, -0.2) is 0 Å². The molecule has 0 aliphatic carbocycles. The monoisotopic (exact) mass is 296 g/mol. The van der Waals surface area contributed by atoms with E-state index in [1.807, 2.05) is 0 Å². The molecule has 0 unspecified atom stereocenters. The van der Waals surface area contributed by atoms with Crippen LogP contribution in [-0.2, 0) is 16.4 Å². The van der Waals surface area contributed by atoms with Gasteiger partial charge in [0, 0.05) is 0 Å². The zero-order valence-electron chi connectivity index (χ0n) is 2.88. The molecule has 0 aliphatic heterocycles. The fraction of sp³-hybridized carbons (Fsp3) is 0. The van der Waals surface area contributed by atoms with Gasteiger partial charge in [0.2, 0.25) is 0 Å². The van der Waals surface area contributed by atoms with Crippen molar-refractivity contribution in [2.75, 3.05) is 0 Å². The van der Waals surface area contributed by atoms with E-state index in [0.29, 0.717) is 0 Å². The molecule has 0 rings (SSSR count). The predicted molar refractivity (Wildman–Crippen MR) is 17.2 cm³/mol. The van der Waals surface area contributed by atoms with Crippen LogP contribution in [0.15, 0.2) is 0 Å². The van der Waals surface area contributed by atoms with Crippen LogP contribution >= 0.6 is 0 Å². The summed E-state index contributed by atoms with van der Waals surface area (Å²) in [5, 5.41) is 0. The topological polar surface area (TPSA) is 117 Å². The van der Waals surface area contributed by atoms with Gasteiger partial charge < -0.3 is 21.9 Å². The molecule has 0 aromatic carbocycles. The van der Waals surface area contributed by atoms with Crippen molar-refractivity contribution in [3.8, 4) is 0 Å². The summed E-state index contributed by atoms with van der Waals surface area (Å²) in [4.78, 5) is 0. The number of hydrogen-bond acceptors (Lipinski definition) is 0. The van der Waals surface area contributed by atoms with Crippen molar-refractivity contribution >= 4 is 51.7 Å². The van der Waals surface area contributed by atoms with E-state index in [2.05, 4.69) is 0 Å². The summed E-state index contributed by atoms with van der Waals surface area (Å²) >= 11 is 0. The Morgan fingerprint density at radius 1 is 0.500 bits per heavy atom. The van der Waals surface area contributed by atoms with E-state index in [1.165, 1.54) is 0 Å². The zero-order valence-corrected chi connectivity index (χ0v) is 9.47. The van der Waals surface area contributed by atoms with Crippen LogP contribution in [0.25, 0.3) is 0 Å². The third-order valence-corrected chi connectivity index (χ3v) is 0. The summed E-state index contributed by atoms with van der Waals surface area (Å²) in [6.07, 6.45) is 0. The largest absolute Gasteiger partial charge is 3.00 e. The normalized spacial score (nSPS) is 0. The Kier molecular flexibility index (Phi) is 1800. The molecular formula is H2In2O4. The minimum absolute atomic E-state index is 0. The van der Waals surface area contributed by atoms with E-state index in [0.717, 1.165) is 0 Å². The molecule has 0 heterocycles. The molecular weight excluding hydrogens is 294 g/mol. The molecule has 0 aromatic heterocycles. The first-order chi connectivity index (χ1) is 0. The first-order valence-corrected chi connectivity index (χ1v) is 0. The van der Waals surface area contributed by atoms with E-state index >= 15 is 0 Å². The van der Waals surface area contributed by atoms with Crippen LogP contribution < -0.4 is 0 Å². The summed E-state index contributed by atoms with van der Waals surface area (Å²) in [5.74, 6) is 0. The molecule has 0 atom stereocenters. The van der Waals surface area contributed by atoms with Crippen molar-refractivity contribution < 1.29 is 21.9 Å². The molecule has 6 heteroatoms. The Morgan fingerprint density at radius 2 is 0.500 bits per heavy atom. The van der Waals surface area contributed by atoms with Gasteiger partial charge >= 0.3 is 51.7 Å². The van der Waals surface area contributed by atoms with Gasteiger partial charge in [0.1, 0.15) is 0 Å². The fourth-order valence-corrected chi connectivity index (χ4v) is 0. The van der Waals surface area contributed by atoms with Gasteiger partial charge in [0.05, 0.1) is 0 Å². The average molecular weight is 296 g/mol. The molecule has 0 amide bonds. The van der Waals surface area contributed by atoms with E-state index in [1.54, 1.807) is 0 Å². The number of hydrogen-bond donors (Lipinski definition) is 0. The molecule has 32 valence electrons. The summed E-state index contributed by atoms with van der Waals surface area (Å²) in [6.45, 7) is 0. The van der Waals surface area contributed by atoms with Crippen LogP contribution in [0.1, 0.15) is 0 Å². The van der Waals surface area contributed by atoms with Crippen LogP contribution in [-0.4, -0.2) is 57.2 Å². The second-order valence-electron chi connectivity index (χ2n) is 0. The van der Waals surface area contributed by atoms with Crippen molar-refractivity contribution in [1.82, 2.24) is 0 Å². The Bertz CT molecular complexity index is 5.51. The van der Waals surface area contributed by atoms with Gasteiger partial charge in [-0.2, -0.15) is 0 Å². The number of rotatable bonds is 0. The third kappa shape index (κ3) is 46.9. The van der Waals surface area contributed by atoms with Crippen LogP contribution in [0.5, 0.6) is 0 Å². The Balaban J connectivity index is 0. The molecule has 2 N–H and O–H groups in total. The SMILES string of the molecule is O.[In+3].[In+3].[O-2].[O-2].[O-2]. The van der Waals surface area contributed by atoms with Gasteiger partial charge in [0.15, 0.2) is 0 Å². The van der Waals surface area contributed by atoms with E-state index in [9.17, 15) is 0 Å². The van der Waals surface area contributed by atoms with E-state index in [-0.39, 0.29) is 73.6 Å². The van der Waals surface area contributed by atoms with Gasteiger partial charge in [0.25, 0.3) is 0 Å². The quantitative estimate of drug-likeness (QED) is 0.494. The molecule has 0 saturated heterocycles. The van der Waals surface area contributed by atoms with Crippen LogP contribution in [0.2, 0.25) is 0 Å². The Labute approximate surface area is 73.1 Å². The summed E-state index contributed by atoms with van der Waals surface area (Å²) < 4.78 is 0. The van der Waals surface area contributed by atoms with Crippen molar-refractivity contribution in [3.63, 3.8) is 0 Å². The van der Waals surface area contributed by atoms with Gasteiger partial charge in [-0.15, -0.1) is 0 Å². The first-order valence-electron chi connectivity index (χ1n) is 0. The molecule has 0 fully saturated rings. The molecule has 4 nitrogen and oxygen atoms in total. The van der Waals surface area contributed by atoms with Crippen molar-refractivity contribution in [1.29, 1.82) is 0 Å². The van der Waals surface area contributed by atoms with Crippen LogP contribution in [0, 0.1) is 0 Å². The second-order valence-corrected chi connectivity index (χ2v) is 0. The first kappa shape index (κ1) is 131. The van der Waals surface area contributed by atoms with E-state index < -0.39 is 0 Å². The van der Waals surface area contributed by atoms with Crippen LogP contribution in [0.3, 0.4) is 0 Å². The summed E-state index contributed by atoms with van der Waals surface area (Å²) in [5.41, 5.74) is 0. The Morgan fingerprint density at radius 3 is 0.500 bits per heavy atom. The fourth-order valence-electron chi connectivity index (χ4n) is 0. The summed E-state index contributed by atoms with van der Waals surface area (Å²) in [7, 11) is 0. The van der Waals surface area contributed by atoms with E-state index in [4.69, 9.17) is 0 Å². The standard InChI is InChI=1S/2In.H2O.3O/h;;1H2;;;/q2*+3;;3*-2. The minimum atomic E-state index is 0. The molecule has 6 heavy (non-hydrogen) atoms. The zero-order chi connectivity index (χ0) is 0. The maximum Gasteiger partial charge on any atom is 3.00 e. The second kappa shape index (κ2) is 82.1. The smallest absolute Gasteiger partial charge is 2.00 e. The molecule has 0 aliphatic rings. The molecule has 0 spiro atoms. The third-order valence-electron chi connectivity index (χ3n) is 0. The minimum Gasteiger partial charge on any atom is -2.00 e. The van der Waals surface area contributed by atoms with Crippen molar-refractivity contribution in [2.24, 2.45) is 0 Å². The average Bonchev–Trinajstić information content (AvgIpc) is 0. The summed E-state index contributed by atoms with van der Waals surface area (Å²) in [6, 6.07) is 0. The predicted octanol–water partition coefficient (Wildman–Crippen LogP) is -1.94.